The fraction of sp³-hybridized carbons (Fsp3) is 0.0667. The highest BCUT2D eigenvalue weighted by Crippen LogP contribution is 2.27. The molecular weight excluding hydrogens is 256 g/mol. The van der Waals surface area contributed by atoms with Crippen molar-refractivity contribution in [1.82, 2.24) is 0 Å². The molecule has 0 saturated heterocycles. The van der Waals surface area contributed by atoms with Crippen LogP contribution in [0.4, 0.5) is 5.69 Å². The van der Waals surface area contributed by atoms with Gasteiger partial charge in [0.05, 0.1) is 17.3 Å². The van der Waals surface area contributed by atoms with Crippen LogP contribution in [0.5, 0.6) is 5.75 Å². The maximum Gasteiger partial charge on any atom is 0.339 e. The van der Waals surface area contributed by atoms with Gasteiger partial charge in [0.2, 0.25) is 0 Å². The van der Waals surface area contributed by atoms with Crippen molar-refractivity contribution in [3.8, 4) is 11.8 Å². The molecule has 0 aliphatic rings. The van der Waals surface area contributed by atoms with E-state index in [2.05, 4.69) is 0 Å². The minimum atomic E-state index is -1.10. The molecule has 0 fully saturated rings. The van der Waals surface area contributed by atoms with Crippen LogP contribution in [0.15, 0.2) is 42.5 Å². The van der Waals surface area contributed by atoms with Gasteiger partial charge in [-0.3, -0.25) is 0 Å². The Morgan fingerprint density at radius 3 is 2.75 bits per heavy atom. The van der Waals surface area contributed by atoms with Crippen molar-refractivity contribution in [2.75, 3.05) is 5.73 Å². The molecule has 3 N–H and O–H groups in total. The first-order chi connectivity index (χ1) is 9.61. The van der Waals surface area contributed by atoms with Gasteiger partial charge < -0.3 is 15.6 Å². The summed E-state index contributed by atoms with van der Waals surface area (Å²) >= 11 is 0. The monoisotopic (exact) mass is 268 g/mol. The molecule has 0 bridgehead atoms. The molecule has 0 atom stereocenters. The molecule has 0 heterocycles. The van der Waals surface area contributed by atoms with Gasteiger partial charge in [-0.05, 0) is 29.8 Å². The first-order valence-corrected chi connectivity index (χ1v) is 5.85. The van der Waals surface area contributed by atoms with Crippen LogP contribution in [0.2, 0.25) is 0 Å². The number of nitrogens with two attached hydrogens (primary N) is 1. The second-order valence-electron chi connectivity index (χ2n) is 4.13. The van der Waals surface area contributed by atoms with Gasteiger partial charge in [0, 0.05) is 0 Å². The van der Waals surface area contributed by atoms with E-state index >= 15 is 0 Å². The summed E-state index contributed by atoms with van der Waals surface area (Å²) in [4.78, 5) is 11.1. The minimum Gasteiger partial charge on any atom is -0.486 e. The highest BCUT2D eigenvalue weighted by atomic mass is 16.5. The molecule has 0 saturated carbocycles. The lowest BCUT2D eigenvalue weighted by Crippen LogP contribution is -2.06. The van der Waals surface area contributed by atoms with E-state index < -0.39 is 5.97 Å². The Bertz CT molecular complexity index is 690. The number of rotatable bonds is 4. The topological polar surface area (TPSA) is 96.3 Å². The van der Waals surface area contributed by atoms with E-state index in [9.17, 15) is 4.79 Å². The summed E-state index contributed by atoms with van der Waals surface area (Å²) in [5, 5.41) is 17.9. The number of ether oxygens (including phenoxy) is 1. The van der Waals surface area contributed by atoms with Gasteiger partial charge in [0.1, 0.15) is 12.2 Å². The van der Waals surface area contributed by atoms with Gasteiger partial charge in [-0.25, -0.2) is 4.79 Å². The lowest BCUT2D eigenvalue weighted by Gasteiger charge is -2.11. The first kappa shape index (κ1) is 13.4. The first-order valence-electron chi connectivity index (χ1n) is 5.85. The quantitative estimate of drug-likeness (QED) is 0.830. The molecule has 2 aromatic rings. The molecule has 0 amide bonds. The van der Waals surface area contributed by atoms with Gasteiger partial charge in [-0.2, -0.15) is 5.26 Å². The smallest absolute Gasteiger partial charge is 0.339 e. The summed E-state index contributed by atoms with van der Waals surface area (Å²) in [7, 11) is 0. The van der Waals surface area contributed by atoms with E-state index in [1.54, 1.807) is 36.4 Å². The standard InChI is InChI=1S/C15H12N2O3/c16-8-10-3-1-4-11(7-10)9-20-14-12(15(18)19)5-2-6-13(14)17/h1-7H,9,17H2,(H,18,19). The van der Waals surface area contributed by atoms with Gasteiger partial charge in [-0.1, -0.05) is 18.2 Å². The molecule has 0 radical (unpaired) electrons. The zero-order chi connectivity index (χ0) is 14.5. The van der Waals surface area contributed by atoms with E-state index in [0.29, 0.717) is 5.56 Å². The van der Waals surface area contributed by atoms with Crippen LogP contribution in [0.3, 0.4) is 0 Å². The SMILES string of the molecule is N#Cc1cccc(COc2c(N)cccc2C(=O)O)c1. The Hall–Kier alpha value is -3.00. The number of hydrogen-bond acceptors (Lipinski definition) is 4. The van der Waals surface area contributed by atoms with E-state index in [0.717, 1.165) is 5.56 Å². The van der Waals surface area contributed by atoms with Crippen molar-refractivity contribution >= 4 is 11.7 Å². The highest BCUT2D eigenvalue weighted by Gasteiger charge is 2.14. The number of anilines is 1. The summed E-state index contributed by atoms with van der Waals surface area (Å²) in [5.41, 5.74) is 7.31. The number of carboxylic acids is 1. The van der Waals surface area contributed by atoms with E-state index in [4.69, 9.17) is 20.8 Å². The van der Waals surface area contributed by atoms with Gasteiger partial charge in [0.15, 0.2) is 5.75 Å². The normalized spacial score (nSPS) is 9.75. The molecule has 100 valence electrons. The van der Waals surface area contributed by atoms with E-state index in [1.165, 1.54) is 6.07 Å². The lowest BCUT2D eigenvalue weighted by atomic mass is 10.1. The average Bonchev–Trinajstić information content (AvgIpc) is 2.45. The van der Waals surface area contributed by atoms with Crippen molar-refractivity contribution in [3.63, 3.8) is 0 Å². The number of aromatic carboxylic acids is 1. The third-order valence-electron chi connectivity index (χ3n) is 2.72. The molecule has 0 aliphatic carbocycles. The van der Waals surface area contributed by atoms with Gasteiger partial charge >= 0.3 is 5.97 Å². The van der Waals surface area contributed by atoms with Crippen LogP contribution in [0.1, 0.15) is 21.5 Å². The van der Waals surface area contributed by atoms with E-state index in [-0.39, 0.29) is 23.6 Å². The third-order valence-corrected chi connectivity index (χ3v) is 2.72. The maximum absolute atomic E-state index is 11.1. The molecule has 2 rings (SSSR count). The summed E-state index contributed by atoms with van der Waals surface area (Å²) in [6.07, 6.45) is 0. The highest BCUT2D eigenvalue weighted by molar-refractivity contribution is 5.93. The number of carboxylic acid groups (broad SMARTS) is 1. The van der Waals surface area contributed by atoms with Crippen LogP contribution in [0, 0.1) is 11.3 Å². The van der Waals surface area contributed by atoms with Gasteiger partial charge in [-0.15, -0.1) is 0 Å². The lowest BCUT2D eigenvalue weighted by molar-refractivity contribution is 0.0692. The molecule has 5 nitrogen and oxygen atoms in total. The van der Waals surface area contributed by atoms with Crippen LogP contribution >= 0.6 is 0 Å². The zero-order valence-electron chi connectivity index (χ0n) is 10.5. The molecule has 0 unspecified atom stereocenters. The Labute approximate surface area is 115 Å². The maximum atomic E-state index is 11.1. The molecule has 0 aromatic heterocycles. The van der Waals surface area contributed by atoms with Crippen molar-refractivity contribution in [3.05, 3.63) is 59.2 Å². The molecule has 5 heteroatoms. The fourth-order valence-electron chi connectivity index (χ4n) is 1.77. The zero-order valence-corrected chi connectivity index (χ0v) is 10.5. The molecule has 2 aromatic carbocycles. The van der Waals surface area contributed by atoms with Crippen molar-refractivity contribution in [2.45, 2.75) is 6.61 Å². The van der Waals surface area contributed by atoms with Crippen molar-refractivity contribution in [2.24, 2.45) is 0 Å². The Morgan fingerprint density at radius 1 is 1.30 bits per heavy atom. The summed E-state index contributed by atoms with van der Waals surface area (Å²) in [5.74, 6) is -0.958. The Morgan fingerprint density at radius 2 is 2.05 bits per heavy atom. The summed E-state index contributed by atoms with van der Waals surface area (Å²) in [6.45, 7) is 0.143. The number of carbonyl (C=O) groups is 1. The average molecular weight is 268 g/mol. The van der Waals surface area contributed by atoms with E-state index in [1.807, 2.05) is 6.07 Å². The number of nitrogens with zero attached hydrogens (tertiary/aromatic N) is 1. The third kappa shape index (κ3) is 2.87. The summed E-state index contributed by atoms with van der Waals surface area (Å²) in [6, 6.07) is 13.5. The Kier molecular flexibility index (Phi) is 3.87. The van der Waals surface area contributed by atoms with Crippen LogP contribution in [-0.4, -0.2) is 11.1 Å². The number of benzene rings is 2. The predicted octanol–water partition coefficient (Wildman–Crippen LogP) is 2.42. The molecular formula is C15H12N2O3. The van der Waals surface area contributed by atoms with Crippen LogP contribution in [0.25, 0.3) is 0 Å². The number of nitrogen functional groups attached to an aromatic ring is 1. The van der Waals surface area contributed by atoms with Crippen LogP contribution < -0.4 is 10.5 Å². The van der Waals surface area contributed by atoms with Crippen molar-refractivity contribution in [1.29, 1.82) is 5.26 Å². The second-order valence-corrected chi connectivity index (χ2v) is 4.13. The largest absolute Gasteiger partial charge is 0.486 e. The van der Waals surface area contributed by atoms with Crippen molar-refractivity contribution < 1.29 is 14.6 Å². The van der Waals surface area contributed by atoms with Crippen LogP contribution in [-0.2, 0) is 6.61 Å². The second kappa shape index (κ2) is 5.76. The molecule has 0 spiro atoms. The number of nitriles is 1. The number of para-hydroxylation sites is 1. The Balaban J connectivity index is 2.23. The fourth-order valence-corrected chi connectivity index (χ4v) is 1.77. The van der Waals surface area contributed by atoms with Gasteiger partial charge in [0.25, 0.3) is 0 Å². The predicted molar refractivity (Wildman–Crippen MR) is 73.3 cm³/mol. The molecule has 20 heavy (non-hydrogen) atoms. The summed E-state index contributed by atoms with van der Waals surface area (Å²) < 4.78 is 5.50. The number of hydrogen-bond donors (Lipinski definition) is 2. The molecule has 0 aliphatic heterocycles. The minimum absolute atomic E-state index is 0.0152.